The van der Waals surface area contributed by atoms with Gasteiger partial charge in [0.25, 0.3) is 5.91 Å². The van der Waals surface area contributed by atoms with Gasteiger partial charge in [0, 0.05) is 10.7 Å². The Morgan fingerprint density at radius 1 is 1.22 bits per heavy atom. The van der Waals surface area contributed by atoms with Crippen LogP contribution in [0.25, 0.3) is 0 Å². The van der Waals surface area contributed by atoms with Crippen molar-refractivity contribution >= 4 is 23.2 Å². The van der Waals surface area contributed by atoms with Crippen LogP contribution in [-0.4, -0.2) is 5.91 Å². The lowest BCUT2D eigenvalue weighted by atomic mass is 10.1. The molecule has 2 nitrogen and oxygen atoms in total. The summed E-state index contributed by atoms with van der Waals surface area (Å²) in [6, 6.07) is 11.3. The van der Waals surface area contributed by atoms with E-state index in [1.807, 2.05) is 19.1 Å². The summed E-state index contributed by atoms with van der Waals surface area (Å²) in [6.45, 7) is 1.87. The highest BCUT2D eigenvalue weighted by atomic mass is 35.5. The van der Waals surface area contributed by atoms with Crippen LogP contribution in [0, 0.1) is 12.7 Å². The normalized spacial score (nSPS) is 10.2. The van der Waals surface area contributed by atoms with Crippen molar-refractivity contribution in [3.05, 3.63) is 64.4 Å². The minimum Gasteiger partial charge on any atom is -0.322 e. The summed E-state index contributed by atoms with van der Waals surface area (Å²) in [5.74, 6) is -1.12. The monoisotopic (exact) mass is 263 g/mol. The second-order valence-corrected chi connectivity index (χ2v) is 4.33. The lowest BCUT2D eigenvalue weighted by molar-refractivity contribution is 0.102. The second-order valence-electron chi connectivity index (χ2n) is 3.89. The van der Waals surface area contributed by atoms with Gasteiger partial charge in [0.15, 0.2) is 0 Å². The third-order valence-corrected chi connectivity index (χ3v) is 2.80. The Labute approximate surface area is 109 Å². The molecule has 0 aliphatic rings. The van der Waals surface area contributed by atoms with Gasteiger partial charge in [0.1, 0.15) is 5.82 Å². The van der Waals surface area contributed by atoms with Crippen molar-refractivity contribution in [2.45, 2.75) is 6.92 Å². The van der Waals surface area contributed by atoms with Gasteiger partial charge < -0.3 is 5.32 Å². The number of para-hydroxylation sites is 1. The van der Waals surface area contributed by atoms with Crippen LogP contribution in [-0.2, 0) is 0 Å². The summed E-state index contributed by atoms with van der Waals surface area (Å²) in [5.41, 5.74) is 1.56. The van der Waals surface area contributed by atoms with Crippen molar-refractivity contribution < 1.29 is 9.18 Å². The summed E-state index contributed by atoms with van der Waals surface area (Å²) < 4.78 is 13.6. The summed E-state index contributed by atoms with van der Waals surface area (Å²) in [5, 5.41) is 2.93. The summed E-state index contributed by atoms with van der Waals surface area (Å²) in [4.78, 5) is 11.9. The summed E-state index contributed by atoms with van der Waals surface area (Å²) >= 11 is 5.64. The van der Waals surface area contributed by atoms with E-state index in [9.17, 15) is 9.18 Å². The fourth-order valence-electron chi connectivity index (χ4n) is 1.58. The molecule has 0 heterocycles. The smallest absolute Gasteiger partial charge is 0.258 e. The molecule has 0 aliphatic carbocycles. The molecule has 2 aromatic carbocycles. The van der Waals surface area contributed by atoms with Crippen LogP contribution in [0.1, 0.15) is 15.9 Å². The Morgan fingerprint density at radius 3 is 2.61 bits per heavy atom. The number of halogens is 2. The van der Waals surface area contributed by atoms with E-state index in [-0.39, 0.29) is 10.6 Å². The van der Waals surface area contributed by atoms with Gasteiger partial charge in [-0.25, -0.2) is 4.39 Å². The first-order valence-electron chi connectivity index (χ1n) is 5.40. The van der Waals surface area contributed by atoms with Crippen molar-refractivity contribution in [2.24, 2.45) is 0 Å². The molecule has 4 heteroatoms. The second kappa shape index (κ2) is 5.19. The highest BCUT2D eigenvalue weighted by Gasteiger charge is 2.12. The molecule has 92 valence electrons. The lowest BCUT2D eigenvalue weighted by Crippen LogP contribution is -2.14. The topological polar surface area (TPSA) is 29.1 Å². The van der Waals surface area contributed by atoms with E-state index in [0.717, 1.165) is 11.6 Å². The third kappa shape index (κ3) is 2.68. The summed E-state index contributed by atoms with van der Waals surface area (Å²) in [6.07, 6.45) is 0. The average molecular weight is 264 g/mol. The highest BCUT2D eigenvalue weighted by Crippen LogP contribution is 2.18. The van der Waals surface area contributed by atoms with E-state index < -0.39 is 11.7 Å². The lowest BCUT2D eigenvalue weighted by Gasteiger charge is -2.08. The number of nitrogens with one attached hydrogen (secondary N) is 1. The van der Waals surface area contributed by atoms with Crippen LogP contribution in [0.2, 0.25) is 5.02 Å². The number of benzene rings is 2. The number of hydrogen-bond acceptors (Lipinski definition) is 1. The molecule has 0 unspecified atom stereocenters. The van der Waals surface area contributed by atoms with Gasteiger partial charge in [0.2, 0.25) is 0 Å². The minimum atomic E-state index is -0.631. The average Bonchev–Trinajstić information content (AvgIpc) is 2.32. The molecule has 1 amide bonds. The molecule has 0 saturated heterocycles. The predicted molar refractivity (Wildman–Crippen MR) is 70.5 cm³/mol. The number of anilines is 1. The molecule has 1 N–H and O–H groups in total. The van der Waals surface area contributed by atoms with E-state index >= 15 is 0 Å². The van der Waals surface area contributed by atoms with Crippen molar-refractivity contribution in [1.82, 2.24) is 0 Å². The maximum atomic E-state index is 13.6. The van der Waals surface area contributed by atoms with Gasteiger partial charge in [-0.05, 0) is 36.8 Å². The van der Waals surface area contributed by atoms with Crippen molar-refractivity contribution in [3.8, 4) is 0 Å². The zero-order valence-corrected chi connectivity index (χ0v) is 10.5. The number of amides is 1. The molecule has 18 heavy (non-hydrogen) atoms. The van der Waals surface area contributed by atoms with Crippen LogP contribution >= 0.6 is 11.6 Å². The summed E-state index contributed by atoms with van der Waals surface area (Å²) in [7, 11) is 0. The van der Waals surface area contributed by atoms with Crippen LogP contribution in [0.5, 0.6) is 0 Å². The standard InChI is InChI=1S/C14H11ClFNO/c1-9-4-2-3-5-13(9)17-14(18)11-7-6-10(15)8-12(11)16/h2-8H,1H3,(H,17,18). The van der Waals surface area contributed by atoms with E-state index in [4.69, 9.17) is 11.6 Å². The molecular weight excluding hydrogens is 253 g/mol. The first-order chi connectivity index (χ1) is 8.58. The van der Waals surface area contributed by atoms with E-state index in [2.05, 4.69) is 5.32 Å². The van der Waals surface area contributed by atoms with Crippen molar-refractivity contribution in [1.29, 1.82) is 0 Å². The van der Waals surface area contributed by atoms with E-state index in [0.29, 0.717) is 5.69 Å². The van der Waals surface area contributed by atoms with Gasteiger partial charge >= 0.3 is 0 Å². The molecule has 2 aromatic rings. The zero-order valence-electron chi connectivity index (χ0n) is 9.71. The van der Waals surface area contributed by atoms with Crippen LogP contribution in [0.15, 0.2) is 42.5 Å². The van der Waals surface area contributed by atoms with Gasteiger partial charge in [-0.15, -0.1) is 0 Å². The zero-order chi connectivity index (χ0) is 13.1. The molecule has 0 spiro atoms. The molecule has 0 bridgehead atoms. The molecule has 2 rings (SSSR count). The Kier molecular flexibility index (Phi) is 3.63. The molecule has 0 saturated carbocycles. The molecule has 0 aromatic heterocycles. The predicted octanol–water partition coefficient (Wildman–Crippen LogP) is 4.04. The minimum absolute atomic E-state index is 0.0253. The van der Waals surface area contributed by atoms with Gasteiger partial charge in [-0.3, -0.25) is 4.79 Å². The van der Waals surface area contributed by atoms with E-state index in [1.54, 1.807) is 12.1 Å². The molecule has 0 aliphatic heterocycles. The fraction of sp³-hybridized carbons (Fsp3) is 0.0714. The van der Waals surface area contributed by atoms with Crippen molar-refractivity contribution in [2.75, 3.05) is 5.32 Å². The van der Waals surface area contributed by atoms with Crippen LogP contribution < -0.4 is 5.32 Å². The first kappa shape index (κ1) is 12.6. The van der Waals surface area contributed by atoms with Gasteiger partial charge in [-0.2, -0.15) is 0 Å². The number of carbonyl (C=O) groups is 1. The molecule has 0 fully saturated rings. The third-order valence-electron chi connectivity index (χ3n) is 2.57. The van der Waals surface area contributed by atoms with Gasteiger partial charge in [0.05, 0.1) is 5.56 Å². The largest absolute Gasteiger partial charge is 0.322 e. The molecule has 0 atom stereocenters. The molecular formula is C14H11ClFNO. The number of rotatable bonds is 2. The Hall–Kier alpha value is -1.87. The quantitative estimate of drug-likeness (QED) is 0.870. The first-order valence-corrected chi connectivity index (χ1v) is 5.78. The van der Waals surface area contributed by atoms with Crippen molar-refractivity contribution in [3.63, 3.8) is 0 Å². The Morgan fingerprint density at radius 2 is 1.94 bits per heavy atom. The SMILES string of the molecule is Cc1ccccc1NC(=O)c1ccc(Cl)cc1F. The molecule has 0 radical (unpaired) electrons. The maximum Gasteiger partial charge on any atom is 0.258 e. The van der Waals surface area contributed by atoms with Crippen LogP contribution in [0.4, 0.5) is 10.1 Å². The fourth-order valence-corrected chi connectivity index (χ4v) is 1.74. The number of aryl methyl sites for hydroxylation is 1. The Bertz CT molecular complexity index is 598. The number of hydrogen-bond donors (Lipinski definition) is 1. The van der Waals surface area contributed by atoms with Gasteiger partial charge in [-0.1, -0.05) is 29.8 Å². The Balaban J connectivity index is 2.25. The van der Waals surface area contributed by atoms with Crippen LogP contribution in [0.3, 0.4) is 0 Å². The maximum absolute atomic E-state index is 13.6. The highest BCUT2D eigenvalue weighted by molar-refractivity contribution is 6.30. The van der Waals surface area contributed by atoms with E-state index in [1.165, 1.54) is 12.1 Å². The number of carbonyl (C=O) groups excluding carboxylic acids is 1.